The number of morpholine rings is 1. The van der Waals surface area contributed by atoms with Crippen molar-refractivity contribution in [3.05, 3.63) is 23.9 Å². The van der Waals surface area contributed by atoms with E-state index < -0.39 is 0 Å². The molecule has 8 heteroatoms. The quantitative estimate of drug-likeness (QED) is 0.747. The summed E-state index contributed by atoms with van der Waals surface area (Å²) < 4.78 is 5.41. The van der Waals surface area contributed by atoms with Gasteiger partial charge in [-0.15, -0.1) is 0 Å². The molecule has 2 fully saturated rings. The summed E-state index contributed by atoms with van der Waals surface area (Å²) in [7, 11) is 2.14. The predicted octanol–water partition coefficient (Wildman–Crippen LogP) is 0.743. The monoisotopic (exact) mass is 390 g/mol. The van der Waals surface area contributed by atoms with Crippen molar-refractivity contribution < 1.29 is 9.53 Å². The van der Waals surface area contributed by atoms with E-state index in [9.17, 15) is 4.79 Å². The zero-order chi connectivity index (χ0) is 20.0. The van der Waals surface area contributed by atoms with Gasteiger partial charge in [-0.2, -0.15) is 0 Å². The molecular formula is C20H34N6O2. The van der Waals surface area contributed by atoms with Gasteiger partial charge in [-0.05, 0) is 38.6 Å². The first-order valence-electron chi connectivity index (χ1n) is 10.2. The molecule has 0 aromatic carbocycles. The Morgan fingerprint density at radius 1 is 1.14 bits per heavy atom. The van der Waals surface area contributed by atoms with Crippen LogP contribution in [0.4, 0.5) is 10.6 Å². The van der Waals surface area contributed by atoms with E-state index in [2.05, 4.69) is 57.3 Å². The van der Waals surface area contributed by atoms with Crippen LogP contribution in [0.3, 0.4) is 0 Å². The standard InChI is InChI=1S/C20H34N6O2/c1-20(2,26-10-12-28-13-11-26)16-23-19(27)22-15-17-4-5-21-18(14-17)25-8-6-24(3)7-9-25/h4-5,14H,6-13,15-16H2,1-3H3,(H2,22,23,27). The van der Waals surface area contributed by atoms with E-state index in [1.165, 1.54) is 0 Å². The SMILES string of the molecule is CN1CCN(c2cc(CNC(=O)NCC(C)(C)N3CCOCC3)ccn2)CC1. The number of pyridine rings is 1. The number of piperazine rings is 1. The Morgan fingerprint density at radius 2 is 1.86 bits per heavy atom. The Bertz CT molecular complexity index is 639. The molecule has 0 spiro atoms. The zero-order valence-electron chi connectivity index (χ0n) is 17.4. The summed E-state index contributed by atoms with van der Waals surface area (Å²) in [4.78, 5) is 23.8. The van der Waals surface area contributed by atoms with Crippen molar-refractivity contribution in [2.75, 3.05) is 71.0 Å². The molecule has 2 N–H and O–H groups in total. The third-order valence-corrected chi connectivity index (χ3v) is 5.64. The first kappa shape index (κ1) is 20.8. The first-order chi connectivity index (χ1) is 13.4. The van der Waals surface area contributed by atoms with Gasteiger partial charge < -0.3 is 25.2 Å². The first-order valence-corrected chi connectivity index (χ1v) is 10.2. The Balaban J connectivity index is 1.44. The fraction of sp³-hybridized carbons (Fsp3) is 0.700. The Labute approximate surface area is 168 Å². The second kappa shape index (κ2) is 9.54. The molecule has 2 saturated heterocycles. The van der Waals surface area contributed by atoms with E-state index in [-0.39, 0.29) is 11.6 Å². The summed E-state index contributed by atoms with van der Waals surface area (Å²) >= 11 is 0. The predicted molar refractivity (Wildman–Crippen MR) is 111 cm³/mol. The number of rotatable bonds is 6. The van der Waals surface area contributed by atoms with Gasteiger partial charge in [0.1, 0.15) is 5.82 Å². The maximum Gasteiger partial charge on any atom is 0.315 e. The number of urea groups is 1. The zero-order valence-corrected chi connectivity index (χ0v) is 17.4. The lowest BCUT2D eigenvalue weighted by Gasteiger charge is -2.40. The molecule has 1 aromatic rings. The van der Waals surface area contributed by atoms with Gasteiger partial charge in [0.25, 0.3) is 0 Å². The van der Waals surface area contributed by atoms with Gasteiger partial charge in [0.05, 0.1) is 13.2 Å². The highest BCUT2D eigenvalue weighted by atomic mass is 16.5. The lowest BCUT2D eigenvalue weighted by Crippen LogP contribution is -2.56. The Morgan fingerprint density at radius 3 is 2.57 bits per heavy atom. The molecule has 0 atom stereocenters. The number of likely N-dealkylation sites (N-methyl/N-ethyl adjacent to an activating group) is 1. The molecule has 1 aromatic heterocycles. The van der Waals surface area contributed by atoms with E-state index in [4.69, 9.17) is 4.74 Å². The normalized spacial score (nSPS) is 19.5. The highest BCUT2D eigenvalue weighted by Gasteiger charge is 2.28. The average Bonchev–Trinajstić information content (AvgIpc) is 2.72. The average molecular weight is 391 g/mol. The minimum Gasteiger partial charge on any atom is -0.379 e. The summed E-state index contributed by atoms with van der Waals surface area (Å²) in [5, 5.41) is 5.97. The van der Waals surface area contributed by atoms with Crippen molar-refractivity contribution >= 4 is 11.8 Å². The van der Waals surface area contributed by atoms with Crippen LogP contribution in [0.15, 0.2) is 18.3 Å². The Hall–Kier alpha value is -1.90. The van der Waals surface area contributed by atoms with Crippen molar-refractivity contribution in [2.24, 2.45) is 0 Å². The number of hydrogen-bond acceptors (Lipinski definition) is 6. The van der Waals surface area contributed by atoms with Crippen LogP contribution in [-0.2, 0) is 11.3 Å². The number of ether oxygens (including phenoxy) is 1. The number of hydrogen-bond donors (Lipinski definition) is 2. The van der Waals surface area contributed by atoms with Crippen molar-refractivity contribution in [1.29, 1.82) is 0 Å². The fourth-order valence-electron chi connectivity index (χ4n) is 3.60. The van der Waals surface area contributed by atoms with Gasteiger partial charge in [-0.3, -0.25) is 4.90 Å². The maximum atomic E-state index is 12.3. The largest absolute Gasteiger partial charge is 0.379 e. The third-order valence-electron chi connectivity index (χ3n) is 5.64. The molecule has 0 unspecified atom stereocenters. The molecule has 2 amide bonds. The van der Waals surface area contributed by atoms with Crippen LogP contribution in [-0.4, -0.2) is 92.4 Å². The van der Waals surface area contributed by atoms with Crippen molar-refractivity contribution in [1.82, 2.24) is 25.4 Å². The number of anilines is 1. The molecule has 2 aliphatic heterocycles. The number of nitrogens with one attached hydrogen (secondary N) is 2. The maximum absolute atomic E-state index is 12.3. The smallest absolute Gasteiger partial charge is 0.315 e. The van der Waals surface area contributed by atoms with E-state index in [1.54, 1.807) is 0 Å². The molecule has 2 aliphatic rings. The molecule has 28 heavy (non-hydrogen) atoms. The van der Waals surface area contributed by atoms with Crippen LogP contribution in [0, 0.1) is 0 Å². The minimum atomic E-state index is -0.140. The highest BCUT2D eigenvalue weighted by Crippen LogP contribution is 2.16. The summed E-state index contributed by atoms with van der Waals surface area (Å²) in [6.45, 7) is 12.8. The van der Waals surface area contributed by atoms with E-state index in [0.29, 0.717) is 13.1 Å². The Kier molecular flexibility index (Phi) is 7.09. The lowest BCUT2D eigenvalue weighted by atomic mass is 10.0. The van der Waals surface area contributed by atoms with Crippen LogP contribution in [0.2, 0.25) is 0 Å². The number of carbonyl (C=O) groups is 1. The summed E-state index contributed by atoms with van der Waals surface area (Å²) in [5.74, 6) is 0.987. The molecule has 8 nitrogen and oxygen atoms in total. The fourth-order valence-corrected chi connectivity index (χ4v) is 3.60. The lowest BCUT2D eigenvalue weighted by molar-refractivity contribution is -0.00874. The number of aromatic nitrogens is 1. The van der Waals surface area contributed by atoms with Gasteiger partial charge in [0.2, 0.25) is 0 Å². The molecule has 0 saturated carbocycles. The van der Waals surface area contributed by atoms with Crippen LogP contribution in [0.25, 0.3) is 0 Å². The van der Waals surface area contributed by atoms with E-state index in [0.717, 1.165) is 63.9 Å². The van der Waals surface area contributed by atoms with Gasteiger partial charge in [-0.1, -0.05) is 0 Å². The van der Waals surface area contributed by atoms with Gasteiger partial charge >= 0.3 is 6.03 Å². The van der Waals surface area contributed by atoms with Gasteiger partial charge in [-0.25, -0.2) is 9.78 Å². The minimum absolute atomic E-state index is 0.0909. The van der Waals surface area contributed by atoms with Crippen LogP contribution in [0.1, 0.15) is 19.4 Å². The van der Waals surface area contributed by atoms with Gasteiger partial charge in [0.15, 0.2) is 0 Å². The number of carbonyl (C=O) groups excluding carboxylic acids is 1. The molecule has 0 radical (unpaired) electrons. The molecule has 3 rings (SSSR count). The summed E-state index contributed by atoms with van der Waals surface area (Å²) in [6, 6.07) is 3.89. The third kappa shape index (κ3) is 5.80. The topological polar surface area (TPSA) is 73.0 Å². The second-order valence-electron chi connectivity index (χ2n) is 8.26. The molecule has 3 heterocycles. The van der Waals surface area contributed by atoms with E-state index >= 15 is 0 Å². The van der Waals surface area contributed by atoms with Crippen LogP contribution in [0.5, 0.6) is 0 Å². The van der Waals surface area contributed by atoms with Crippen molar-refractivity contribution in [3.8, 4) is 0 Å². The second-order valence-corrected chi connectivity index (χ2v) is 8.26. The molecule has 0 bridgehead atoms. The molecule has 156 valence electrons. The van der Waals surface area contributed by atoms with Crippen molar-refractivity contribution in [3.63, 3.8) is 0 Å². The molecule has 0 aliphatic carbocycles. The highest BCUT2D eigenvalue weighted by molar-refractivity contribution is 5.73. The number of nitrogens with zero attached hydrogens (tertiary/aromatic N) is 4. The summed E-state index contributed by atoms with van der Waals surface area (Å²) in [6.07, 6.45) is 1.82. The molecular weight excluding hydrogens is 356 g/mol. The van der Waals surface area contributed by atoms with Crippen LogP contribution < -0.4 is 15.5 Å². The van der Waals surface area contributed by atoms with E-state index in [1.807, 2.05) is 12.3 Å². The van der Waals surface area contributed by atoms with Crippen LogP contribution >= 0.6 is 0 Å². The summed E-state index contributed by atoms with van der Waals surface area (Å²) in [5.41, 5.74) is 0.971. The van der Waals surface area contributed by atoms with Crippen molar-refractivity contribution in [2.45, 2.75) is 25.9 Å². The van der Waals surface area contributed by atoms with Gasteiger partial charge in [0, 0.05) is 64.1 Å². The number of amides is 2.